The van der Waals surface area contributed by atoms with Crippen LogP contribution in [0.1, 0.15) is 39.5 Å². The highest BCUT2D eigenvalue weighted by Crippen LogP contribution is 2.13. The topological polar surface area (TPSA) is 64.3 Å². The Kier molecular flexibility index (Phi) is 7.55. The summed E-state index contributed by atoms with van der Waals surface area (Å²) >= 11 is 0. The summed E-state index contributed by atoms with van der Waals surface area (Å²) < 4.78 is 5.47. The zero-order valence-electron chi connectivity index (χ0n) is 12.5. The molecule has 112 valence electrons. The highest BCUT2D eigenvalue weighted by atomic mass is 16.5. The first-order chi connectivity index (χ1) is 9.58. The molecule has 1 aromatic rings. The minimum atomic E-state index is 0.0463. The van der Waals surface area contributed by atoms with Gasteiger partial charge in [-0.2, -0.15) is 0 Å². The van der Waals surface area contributed by atoms with Gasteiger partial charge in [-0.15, -0.1) is 0 Å². The molecule has 3 N–H and O–H groups in total. The maximum atomic E-state index is 11.6. The predicted octanol–water partition coefficient (Wildman–Crippen LogP) is 2.98. The summed E-state index contributed by atoms with van der Waals surface area (Å²) in [6.45, 7) is 5.58. The minimum absolute atomic E-state index is 0.0463. The molecule has 0 radical (unpaired) electrons. The molecule has 0 unspecified atom stereocenters. The molecule has 0 saturated carbocycles. The van der Waals surface area contributed by atoms with Crippen LogP contribution in [0, 0.1) is 5.92 Å². The Bertz CT molecular complexity index is 388. The van der Waals surface area contributed by atoms with Crippen molar-refractivity contribution in [3.8, 4) is 5.75 Å². The molecule has 0 aliphatic carbocycles. The van der Waals surface area contributed by atoms with Crippen LogP contribution >= 0.6 is 0 Å². The molecular weight excluding hydrogens is 252 g/mol. The maximum absolute atomic E-state index is 11.6. The standard InChI is InChI=1S/C16H26N2O2/c1-13(2)5-3-4-11-18-16(19)10-12-20-15-8-6-14(17)7-9-15/h6-9,13H,3-5,10-12,17H2,1-2H3,(H,18,19). The second kappa shape index (κ2) is 9.23. The first-order valence-electron chi connectivity index (χ1n) is 7.33. The van der Waals surface area contributed by atoms with E-state index in [-0.39, 0.29) is 5.91 Å². The SMILES string of the molecule is CC(C)CCCCNC(=O)CCOc1ccc(N)cc1. The number of anilines is 1. The number of amides is 1. The lowest BCUT2D eigenvalue weighted by atomic mass is 10.1. The average molecular weight is 278 g/mol. The molecule has 1 aromatic carbocycles. The second-order valence-electron chi connectivity index (χ2n) is 5.41. The van der Waals surface area contributed by atoms with Gasteiger partial charge in [0.25, 0.3) is 0 Å². The number of hydrogen-bond donors (Lipinski definition) is 2. The van der Waals surface area contributed by atoms with Crippen LogP contribution < -0.4 is 15.8 Å². The Balaban J connectivity index is 2.04. The van der Waals surface area contributed by atoms with Gasteiger partial charge in [0, 0.05) is 12.2 Å². The van der Waals surface area contributed by atoms with Crippen molar-refractivity contribution in [3.63, 3.8) is 0 Å². The largest absolute Gasteiger partial charge is 0.493 e. The fourth-order valence-corrected chi connectivity index (χ4v) is 1.82. The van der Waals surface area contributed by atoms with Crippen LogP contribution in [0.3, 0.4) is 0 Å². The van der Waals surface area contributed by atoms with Crippen LogP contribution in [0.5, 0.6) is 5.75 Å². The van der Waals surface area contributed by atoms with E-state index in [0.717, 1.165) is 24.6 Å². The summed E-state index contributed by atoms with van der Waals surface area (Å²) in [5, 5.41) is 2.91. The molecule has 1 amide bonds. The third-order valence-corrected chi connectivity index (χ3v) is 3.01. The predicted molar refractivity (Wildman–Crippen MR) is 82.7 cm³/mol. The van der Waals surface area contributed by atoms with Crippen molar-refractivity contribution in [3.05, 3.63) is 24.3 Å². The molecule has 0 spiro atoms. The van der Waals surface area contributed by atoms with E-state index in [9.17, 15) is 4.79 Å². The summed E-state index contributed by atoms with van der Waals surface area (Å²) in [5.41, 5.74) is 6.29. The number of unbranched alkanes of at least 4 members (excludes halogenated alkanes) is 1. The lowest BCUT2D eigenvalue weighted by Gasteiger charge is -2.08. The fraction of sp³-hybridized carbons (Fsp3) is 0.562. The first-order valence-corrected chi connectivity index (χ1v) is 7.33. The van der Waals surface area contributed by atoms with Gasteiger partial charge < -0.3 is 15.8 Å². The molecule has 0 aliphatic heterocycles. The number of carbonyl (C=O) groups excluding carboxylic acids is 1. The van der Waals surface area contributed by atoms with E-state index < -0.39 is 0 Å². The fourth-order valence-electron chi connectivity index (χ4n) is 1.82. The quantitative estimate of drug-likeness (QED) is 0.539. The molecule has 4 heteroatoms. The van der Waals surface area contributed by atoms with E-state index in [1.54, 1.807) is 24.3 Å². The normalized spacial score (nSPS) is 10.6. The smallest absolute Gasteiger partial charge is 0.223 e. The van der Waals surface area contributed by atoms with Crippen LogP contribution in [0.25, 0.3) is 0 Å². The van der Waals surface area contributed by atoms with Gasteiger partial charge in [-0.05, 0) is 36.6 Å². The summed E-state index contributed by atoms with van der Waals surface area (Å²) in [6, 6.07) is 7.17. The summed E-state index contributed by atoms with van der Waals surface area (Å²) in [5.74, 6) is 1.52. The average Bonchev–Trinajstić information content (AvgIpc) is 2.40. The number of rotatable bonds is 9. The molecule has 0 heterocycles. The third kappa shape index (κ3) is 7.67. The molecule has 20 heavy (non-hydrogen) atoms. The van der Waals surface area contributed by atoms with Gasteiger partial charge in [-0.1, -0.05) is 26.7 Å². The van der Waals surface area contributed by atoms with Crippen LogP contribution in [0.2, 0.25) is 0 Å². The van der Waals surface area contributed by atoms with Crippen LogP contribution in [0.4, 0.5) is 5.69 Å². The Morgan fingerprint density at radius 1 is 1.25 bits per heavy atom. The van der Waals surface area contributed by atoms with Crippen molar-refractivity contribution >= 4 is 11.6 Å². The Labute approximate surface area is 121 Å². The molecule has 0 bridgehead atoms. The lowest BCUT2D eigenvalue weighted by Crippen LogP contribution is -2.25. The van der Waals surface area contributed by atoms with Crippen molar-refractivity contribution in [2.45, 2.75) is 39.5 Å². The van der Waals surface area contributed by atoms with Gasteiger partial charge in [-0.25, -0.2) is 0 Å². The number of nitrogens with two attached hydrogens (primary N) is 1. The van der Waals surface area contributed by atoms with Crippen molar-refractivity contribution in [2.24, 2.45) is 5.92 Å². The van der Waals surface area contributed by atoms with E-state index in [1.165, 1.54) is 12.8 Å². The van der Waals surface area contributed by atoms with E-state index >= 15 is 0 Å². The Morgan fingerprint density at radius 2 is 1.95 bits per heavy atom. The number of nitrogen functional groups attached to an aromatic ring is 1. The van der Waals surface area contributed by atoms with Crippen LogP contribution in [-0.4, -0.2) is 19.1 Å². The van der Waals surface area contributed by atoms with Gasteiger partial charge in [-0.3, -0.25) is 4.79 Å². The van der Waals surface area contributed by atoms with Crippen LogP contribution in [0.15, 0.2) is 24.3 Å². The van der Waals surface area contributed by atoms with Crippen molar-refractivity contribution in [1.29, 1.82) is 0 Å². The molecule has 0 aromatic heterocycles. The maximum Gasteiger partial charge on any atom is 0.223 e. The van der Waals surface area contributed by atoms with Gasteiger partial charge in [0.15, 0.2) is 0 Å². The van der Waals surface area contributed by atoms with Gasteiger partial charge >= 0.3 is 0 Å². The van der Waals surface area contributed by atoms with Crippen molar-refractivity contribution in [2.75, 3.05) is 18.9 Å². The Morgan fingerprint density at radius 3 is 2.60 bits per heavy atom. The minimum Gasteiger partial charge on any atom is -0.493 e. The summed E-state index contributed by atoms with van der Waals surface area (Å²) in [6.07, 6.45) is 3.81. The van der Waals surface area contributed by atoms with Crippen LogP contribution in [-0.2, 0) is 4.79 Å². The van der Waals surface area contributed by atoms with E-state index in [1.807, 2.05) is 0 Å². The molecule has 0 aliphatic rings. The summed E-state index contributed by atoms with van der Waals surface area (Å²) in [4.78, 5) is 11.6. The second-order valence-corrected chi connectivity index (χ2v) is 5.41. The zero-order valence-corrected chi connectivity index (χ0v) is 12.5. The molecule has 0 saturated heterocycles. The van der Waals surface area contributed by atoms with Gasteiger partial charge in [0.05, 0.1) is 13.0 Å². The number of carbonyl (C=O) groups is 1. The third-order valence-electron chi connectivity index (χ3n) is 3.01. The van der Waals surface area contributed by atoms with Crippen molar-refractivity contribution in [1.82, 2.24) is 5.32 Å². The van der Waals surface area contributed by atoms with E-state index in [2.05, 4.69) is 19.2 Å². The van der Waals surface area contributed by atoms with Crippen molar-refractivity contribution < 1.29 is 9.53 Å². The van der Waals surface area contributed by atoms with E-state index in [4.69, 9.17) is 10.5 Å². The van der Waals surface area contributed by atoms with Gasteiger partial charge in [0.1, 0.15) is 5.75 Å². The molecule has 1 rings (SSSR count). The highest BCUT2D eigenvalue weighted by molar-refractivity contribution is 5.75. The van der Waals surface area contributed by atoms with E-state index in [0.29, 0.717) is 18.7 Å². The summed E-state index contributed by atoms with van der Waals surface area (Å²) in [7, 11) is 0. The van der Waals surface area contributed by atoms with Gasteiger partial charge in [0.2, 0.25) is 5.91 Å². The number of hydrogen-bond acceptors (Lipinski definition) is 3. The number of benzene rings is 1. The molecular formula is C16H26N2O2. The molecule has 4 nitrogen and oxygen atoms in total. The zero-order chi connectivity index (χ0) is 14.8. The first kappa shape index (κ1) is 16.3. The molecule has 0 fully saturated rings. The molecule has 0 atom stereocenters. The Hall–Kier alpha value is -1.71. The lowest BCUT2D eigenvalue weighted by molar-refractivity contribution is -0.121. The highest BCUT2D eigenvalue weighted by Gasteiger charge is 2.02. The number of ether oxygens (including phenoxy) is 1. The number of nitrogens with one attached hydrogen (secondary N) is 1. The monoisotopic (exact) mass is 278 g/mol.